The zero-order chi connectivity index (χ0) is 13.3. The highest BCUT2D eigenvalue weighted by Crippen LogP contribution is 2.35. The second-order valence-corrected chi connectivity index (χ2v) is 5.67. The molecule has 0 unspecified atom stereocenters. The highest BCUT2D eigenvalue weighted by atomic mass is 16.5. The molecule has 98 valence electrons. The number of ketones is 2. The van der Waals surface area contributed by atoms with Crippen molar-refractivity contribution in [3.63, 3.8) is 0 Å². The van der Waals surface area contributed by atoms with E-state index in [2.05, 4.69) is 25.7 Å². The van der Waals surface area contributed by atoms with Crippen LogP contribution in [0.4, 0.5) is 0 Å². The van der Waals surface area contributed by atoms with Crippen molar-refractivity contribution in [2.24, 2.45) is 5.41 Å². The van der Waals surface area contributed by atoms with E-state index in [0.29, 0.717) is 13.2 Å². The molecule has 4 heteroatoms. The Morgan fingerprint density at radius 1 is 1.06 bits per heavy atom. The summed E-state index contributed by atoms with van der Waals surface area (Å²) in [5.41, 5.74) is 1.67. The average molecular weight is 249 g/mol. The molecule has 0 aromatic rings. The van der Waals surface area contributed by atoms with Crippen LogP contribution in [0, 0.1) is 5.41 Å². The van der Waals surface area contributed by atoms with Crippen LogP contribution in [-0.4, -0.2) is 42.8 Å². The molecule has 2 rings (SSSR count). The van der Waals surface area contributed by atoms with E-state index in [0.717, 1.165) is 24.4 Å². The maximum absolute atomic E-state index is 11.6. The van der Waals surface area contributed by atoms with Crippen molar-refractivity contribution >= 4 is 11.6 Å². The van der Waals surface area contributed by atoms with Crippen molar-refractivity contribution in [1.82, 2.24) is 4.90 Å². The van der Waals surface area contributed by atoms with Gasteiger partial charge in [-0.25, -0.2) is 0 Å². The Bertz CT molecular complexity index is 434. The van der Waals surface area contributed by atoms with Crippen LogP contribution in [0.1, 0.15) is 20.8 Å². The summed E-state index contributed by atoms with van der Waals surface area (Å²) in [4.78, 5) is 25.3. The first-order valence-corrected chi connectivity index (χ1v) is 6.25. The van der Waals surface area contributed by atoms with Crippen LogP contribution < -0.4 is 0 Å². The van der Waals surface area contributed by atoms with Crippen molar-refractivity contribution in [1.29, 1.82) is 0 Å². The van der Waals surface area contributed by atoms with Crippen molar-refractivity contribution in [2.45, 2.75) is 20.8 Å². The molecule has 1 heterocycles. The van der Waals surface area contributed by atoms with Crippen molar-refractivity contribution in [3.8, 4) is 0 Å². The molecule has 18 heavy (non-hydrogen) atoms. The Balaban J connectivity index is 2.35. The fourth-order valence-corrected chi connectivity index (χ4v) is 2.22. The highest BCUT2D eigenvalue weighted by molar-refractivity contribution is 6.46. The Kier molecular flexibility index (Phi) is 3.39. The van der Waals surface area contributed by atoms with E-state index in [-0.39, 0.29) is 5.41 Å². The molecule has 0 bridgehead atoms. The predicted molar refractivity (Wildman–Crippen MR) is 68.0 cm³/mol. The molecule has 0 atom stereocenters. The van der Waals surface area contributed by atoms with Crippen LogP contribution in [0.5, 0.6) is 0 Å². The lowest BCUT2D eigenvalue weighted by Crippen LogP contribution is -2.39. The van der Waals surface area contributed by atoms with Gasteiger partial charge in [-0.1, -0.05) is 20.8 Å². The van der Waals surface area contributed by atoms with E-state index in [1.54, 1.807) is 0 Å². The van der Waals surface area contributed by atoms with Crippen LogP contribution >= 0.6 is 0 Å². The maximum atomic E-state index is 11.6. The van der Waals surface area contributed by atoms with Gasteiger partial charge < -0.3 is 9.64 Å². The average Bonchev–Trinajstić information content (AvgIpc) is 2.32. The van der Waals surface area contributed by atoms with E-state index in [1.165, 1.54) is 12.2 Å². The number of nitrogens with zero attached hydrogens (tertiary/aromatic N) is 1. The summed E-state index contributed by atoms with van der Waals surface area (Å²) in [6.07, 6.45) is 2.97. The third kappa shape index (κ3) is 2.53. The number of morpholine rings is 1. The zero-order valence-corrected chi connectivity index (χ0v) is 11.2. The Morgan fingerprint density at radius 3 is 2.17 bits per heavy atom. The van der Waals surface area contributed by atoms with Crippen LogP contribution in [0.15, 0.2) is 23.4 Å². The van der Waals surface area contributed by atoms with Crippen LogP contribution in [-0.2, 0) is 14.3 Å². The molecule has 0 aromatic carbocycles. The molecule has 1 aliphatic carbocycles. The van der Waals surface area contributed by atoms with Crippen LogP contribution in [0.3, 0.4) is 0 Å². The predicted octanol–water partition coefficient (Wildman–Crippen LogP) is 1.33. The fraction of sp³-hybridized carbons (Fsp3) is 0.571. The van der Waals surface area contributed by atoms with Crippen molar-refractivity contribution < 1.29 is 14.3 Å². The first kappa shape index (κ1) is 13.0. The minimum atomic E-state index is -0.426. The molecule has 0 aromatic heterocycles. The maximum Gasteiger partial charge on any atom is 0.227 e. The first-order valence-electron chi connectivity index (χ1n) is 6.25. The third-order valence-electron chi connectivity index (χ3n) is 3.22. The Labute approximate surface area is 107 Å². The molecular weight excluding hydrogens is 230 g/mol. The molecule has 1 fully saturated rings. The van der Waals surface area contributed by atoms with Crippen molar-refractivity contribution in [2.75, 3.05) is 26.3 Å². The minimum Gasteiger partial charge on any atom is -0.378 e. The normalized spacial score (nSPS) is 21.8. The molecule has 0 amide bonds. The molecule has 0 radical (unpaired) electrons. The number of hydrogen-bond acceptors (Lipinski definition) is 4. The molecular formula is C14H19NO3. The van der Waals surface area contributed by atoms with Gasteiger partial charge in [0.2, 0.25) is 11.6 Å². The monoisotopic (exact) mass is 249 g/mol. The SMILES string of the molecule is CC(C)(C)C1=CC(=O)C(=O)C=C1N1CCOCC1. The summed E-state index contributed by atoms with van der Waals surface area (Å²) < 4.78 is 5.32. The number of carbonyl (C=O) groups excluding carboxylic acids is 2. The summed E-state index contributed by atoms with van der Waals surface area (Å²) in [7, 11) is 0. The second kappa shape index (κ2) is 4.69. The van der Waals surface area contributed by atoms with Gasteiger partial charge in [0, 0.05) is 24.9 Å². The zero-order valence-electron chi connectivity index (χ0n) is 11.2. The number of hydrogen-bond donors (Lipinski definition) is 0. The summed E-state index contributed by atoms with van der Waals surface area (Å²) in [5.74, 6) is -0.846. The highest BCUT2D eigenvalue weighted by Gasteiger charge is 2.31. The van der Waals surface area contributed by atoms with Gasteiger partial charge in [-0.05, 0) is 17.1 Å². The van der Waals surface area contributed by atoms with Gasteiger partial charge in [0.25, 0.3) is 0 Å². The minimum absolute atomic E-state index is 0.152. The molecule has 0 spiro atoms. The molecule has 1 saturated heterocycles. The quantitative estimate of drug-likeness (QED) is 0.519. The summed E-state index contributed by atoms with van der Waals surface area (Å²) in [5, 5.41) is 0. The first-order chi connectivity index (χ1) is 8.39. The van der Waals surface area contributed by atoms with Gasteiger partial charge in [-0.3, -0.25) is 9.59 Å². The van der Waals surface area contributed by atoms with Gasteiger partial charge in [0.1, 0.15) is 0 Å². The van der Waals surface area contributed by atoms with Crippen LogP contribution in [0.25, 0.3) is 0 Å². The lowest BCUT2D eigenvalue weighted by molar-refractivity contribution is -0.131. The van der Waals surface area contributed by atoms with Gasteiger partial charge in [-0.15, -0.1) is 0 Å². The number of rotatable bonds is 1. The van der Waals surface area contributed by atoms with Gasteiger partial charge in [0.05, 0.1) is 13.2 Å². The van der Waals surface area contributed by atoms with Gasteiger partial charge >= 0.3 is 0 Å². The smallest absolute Gasteiger partial charge is 0.227 e. The number of ether oxygens (including phenoxy) is 1. The van der Waals surface area contributed by atoms with E-state index in [9.17, 15) is 9.59 Å². The molecule has 4 nitrogen and oxygen atoms in total. The summed E-state index contributed by atoms with van der Waals surface area (Å²) in [6, 6.07) is 0. The second-order valence-electron chi connectivity index (χ2n) is 5.67. The lowest BCUT2D eigenvalue weighted by Gasteiger charge is -2.37. The Morgan fingerprint density at radius 2 is 1.61 bits per heavy atom. The van der Waals surface area contributed by atoms with E-state index in [1.807, 2.05) is 0 Å². The molecule has 0 saturated carbocycles. The molecule has 1 aliphatic heterocycles. The third-order valence-corrected chi connectivity index (χ3v) is 3.22. The van der Waals surface area contributed by atoms with E-state index >= 15 is 0 Å². The number of carbonyl (C=O) groups is 2. The lowest BCUT2D eigenvalue weighted by atomic mass is 9.80. The Hall–Kier alpha value is -1.42. The standard InChI is InChI=1S/C14H19NO3/c1-14(2,3)10-8-12(16)13(17)9-11(10)15-4-6-18-7-5-15/h8-9H,4-7H2,1-3H3. The summed E-state index contributed by atoms with van der Waals surface area (Å²) >= 11 is 0. The molecule has 0 N–H and O–H groups in total. The molecule has 2 aliphatic rings. The van der Waals surface area contributed by atoms with Crippen LogP contribution in [0.2, 0.25) is 0 Å². The largest absolute Gasteiger partial charge is 0.378 e. The summed E-state index contributed by atoms with van der Waals surface area (Å²) in [6.45, 7) is 9.01. The van der Waals surface area contributed by atoms with Crippen molar-refractivity contribution in [3.05, 3.63) is 23.4 Å². The van der Waals surface area contributed by atoms with Gasteiger partial charge in [0.15, 0.2) is 0 Å². The topological polar surface area (TPSA) is 46.6 Å². The fourth-order valence-electron chi connectivity index (χ4n) is 2.22. The number of allylic oxidation sites excluding steroid dienone is 3. The van der Waals surface area contributed by atoms with E-state index in [4.69, 9.17) is 4.74 Å². The van der Waals surface area contributed by atoms with Gasteiger partial charge in [-0.2, -0.15) is 0 Å². The van der Waals surface area contributed by atoms with E-state index < -0.39 is 11.6 Å².